The molecular formula is C18H14ClF4N3O. The van der Waals surface area contributed by atoms with Crippen molar-refractivity contribution in [2.45, 2.75) is 6.18 Å². The number of anilines is 1. The number of alkyl halides is 3. The number of amides is 1. The van der Waals surface area contributed by atoms with Gasteiger partial charge in [0.2, 0.25) is 0 Å². The molecule has 0 radical (unpaired) electrons. The number of halogens is 5. The largest absolute Gasteiger partial charge is 0.431 e. The third-order valence-corrected chi connectivity index (χ3v) is 3.82. The summed E-state index contributed by atoms with van der Waals surface area (Å²) in [5, 5.41) is 2.63. The fourth-order valence-corrected chi connectivity index (χ4v) is 2.44. The summed E-state index contributed by atoms with van der Waals surface area (Å²) in [5.74, 6) is -1.59. The molecule has 0 aliphatic rings. The van der Waals surface area contributed by atoms with Gasteiger partial charge in [-0.15, -0.1) is 0 Å². The van der Waals surface area contributed by atoms with Crippen LogP contribution in [0.3, 0.4) is 0 Å². The number of allylic oxidation sites excluding steroid dienone is 2. The van der Waals surface area contributed by atoms with Gasteiger partial charge in [-0.2, -0.15) is 13.2 Å². The van der Waals surface area contributed by atoms with Crippen molar-refractivity contribution in [2.24, 2.45) is 10.7 Å². The van der Waals surface area contributed by atoms with Gasteiger partial charge in [0.1, 0.15) is 11.5 Å². The van der Waals surface area contributed by atoms with Crippen molar-refractivity contribution in [2.75, 3.05) is 12.4 Å². The molecule has 0 unspecified atom stereocenters. The monoisotopic (exact) mass is 399 g/mol. The molecule has 2 aromatic carbocycles. The first kappa shape index (κ1) is 20.4. The highest BCUT2D eigenvalue weighted by atomic mass is 35.5. The van der Waals surface area contributed by atoms with E-state index in [2.05, 4.69) is 10.3 Å². The van der Waals surface area contributed by atoms with E-state index in [1.807, 2.05) is 0 Å². The molecule has 0 aliphatic heterocycles. The molecule has 2 rings (SSSR count). The molecule has 9 heteroatoms. The van der Waals surface area contributed by atoms with Gasteiger partial charge in [0.25, 0.3) is 5.91 Å². The highest BCUT2D eigenvalue weighted by molar-refractivity contribution is 6.34. The third-order valence-electron chi connectivity index (χ3n) is 3.49. The Balaban J connectivity index is 2.37. The summed E-state index contributed by atoms with van der Waals surface area (Å²) in [6, 6.07) is 9.45. The van der Waals surface area contributed by atoms with E-state index >= 15 is 0 Å². The average Bonchev–Trinajstić information content (AvgIpc) is 2.59. The van der Waals surface area contributed by atoms with Gasteiger partial charge in [-0.1, -0.05) is 23.7 Å². The molecule has 4 nitrogen and oxygen atoms in total. The lowest BCUT2D eigenvalue weighted by molar-refractivity contribution is -0.0918. The van der Waals surface area contributed by atoms with Crippen LogP contribution >= 0.6 is 11.6 Å². The molecule has 0 atom stereocenters. The van der Waals surface area contributed by atoms with Gasteiger partial charge >= 0.3 is 6.18 Å². The molecule has 0 bridgehead atoms. The second-order valence-electron chi connectivity index (χ2n) is 5.34. The Morgan fingerprint density at radius 1 is 1.19 bits per heavy atom. The minimum Gasteiger partial charge on any atom is -0.394 e. The molecule has 0 saturated heterocycles. The molecule has 3 N–H and O–H groups in total. The molecule has 0 heterocycles. The summed E-state index contributed by atoms with van der Waals surface area (Å²) >= 11 is 5.92. The maximum atomic E-state index is 14.4. The zero-order valence-electron chi connectivity index (χ0n) is 13.9. The first-order valence-electron chi connectivity index (χ1n) is 7.50. The highest BCUT2D eigenvalue weighted by Crippen LogP contribution is 2.30. The van der Waals surface area contributed by atoms with Crippen LogP contribution in [-0.4, -0.2) is 25.3 Å². The molecule has 2 aromatic rings. The Labute approximate surface area is 157 Å². The average molecular weight is 400 g/mol. The van der Waals surface area contributed by atoms with Crippen LogP contribution in [0.2, 0.25) is 5.02 Å². The van der Waals surface area contributed by atoms with Crippen LogP contribution in [0.4, 0.5) is 23.2 Å². The van der Waals surface area contributed by atoms with Crippen LogP contribution in [0.5, 0.6) is 0 Å². The summed E-state index contributed by atoms with van der Waals surface area (Å²) in [5.41, 5.74) is 2.84. The zero-order valence-corrected chi connectivity index (χ0v) is 14.7. The van der Waals surface area contributed by atoms with E-state index in [0.29, 0.717) is 0 Å². The van der Waals surface area contributed by atoms with Gasteiger partial charge in [-0.25, -0.2) is 4.39 Å². The van der Waals surface area contributed by atoms with E-state index in [9.17, 15) is 22.4 Å². The molecule has 0 aromatic heterocycles. The van der Waals surface area contributed by atoms with Crippen molar-refractivity contribution >= 4 is 35.0 Å². The second kappa shape index (κ2) is 8.22. The predicted molar refractivity (Wildman–Crippen MR) is 97.4 cm³/mol. The van der Waals surface area contributed by atoms with Crippen molar-refractivity contribution in [3.63, 3.8) is 0 Å². The number of carbonyl (C=O) groups is 1. The molecular weight excluding hydrogens is 386 g/mol. The molecule has 1 amide bonds. The smallest absolute Gasteiger partial charge is 0.394 e. The van der Waals surface area contributed by atoms with Gasteiger partial charge in [-0.05, 0) is 30.3 Å². The highest BCUT2D eigenvalue weighted by Gasteiger charge is 2.34. The Morgan fingerprint density at radius 2 is 1.85 bits per heavy atom. The number of aliphatic imine (C=N–C) groups is 1. The van der Waals surface area contributed by atoms with E-state index in [1.165, 1.54) is 25.2 Å². The molecule has 27 heavy (non-hydrogen) atoms. The van der Waals surface area contributed by atoms with Crippen LogP contribution in [0.1, 0.15) is 15.9 Å². The van der Waals surface area contributed by atoms with Crippen LogP contribution in [0, 0.1) is 5.82 Å². The SMILES string of the molecule is CN=C/C(=C(\N)C(F)(F)F)c1ccc(NC(=O)c2ccccc2Cl)cc1F. The van der Waals surface area contributed by atoms with E-state index in [1.54, 1.807) is 12.1 Å². The van der Waals surface area contributed by atoms with E-state index in [-0.39, 0.29) is 16.3 Å². The minimum atomic E-state index is -4.85. The van der Waals surface area contributed by atoms with Crippen molar-refractivity contribution in [3.05, 3.63) is 70.1 Å². The fraction of sp³-hybridized carbons (Fsp3) is 0.111. The summed E-state index contributed by atoms with van der Waals surface area (Å²) in [6.07, 6.45) is -4.02. The zero-order chi connectivity index (χ0) is 20.2. The number of carbonyl (C=O) groups excluding carboxylic acids is 1. The van der Waals surface area contributed by atoms with Crippen LogP contribution in [0.15, 0.2) is 53.2 Å². The van der Waals surface area contributed by atoms with Crippen molar-refractivity contribution in [1.82, 2.24) is 0 Å². The first-order valence-corrected chi connectivity index (χ1v) is 7.88. The van der Waals surface area contributed by atoms with E-state index < -0.39 is 34.7 Å². The van der Waals surface area contributed by atoms with Crippen molar-refractivity contribution in [1.29, 1.82) is 0 Å². The van der Waals surface area contributed by atoms with Crippen molar-refractivity contribution < 1.29 is 22.4 Å². The number of benzene rings is 2. The molecule has 0 saturated carbocycles. The van der Waals surface area contributed by atoms with Crippen molar-refractivity contribution in [3.8, 4) is 0 Å². The Morgan fingerprint density at radius 3 is 2.41 bits per heavy atom. The summed E-state index contributed by atoms with van der Waals surface area (Å²) in [6.45, 7) is 0. The standard InChI is InChI=1S/C18H14ClF4N3O/c1-25-9-13(16(24)18(21,22)23)11-7-6-10(8-15(11)20)26-17(27)12-4-2-3-5-14(12)19/h2-9H,24H2,1H3,(H,26,27)/b16-13+,25-9?. The summed E-state index contributed by atoms with van der Waals surface area (Å²) in [4.78, 5) is 15.7. The number of hydrogen-bond acceptors (Lipinski definition) is 3. The van der Waals surface area contributed by atoms with Gasteiger partial charge in [0.05, 0.1) is 10.6 Å². The molecule has 0 aliphatic carbocycles. The topological polar surface area (TPSA) is 67.5 Å². The first-order chi connectivity index (χ1) is 12.6. The van der Waals surface area contributed by atoms with Crippen LogP contribution in [0.25, 0.3) is 5.57 Å². The lowest BCUT2D eigenvalue weighted by Crippen LogP contribution is -2.22. The number of hydrogen-bond donors (Lipinski definition) is 2. The summed E-state index contributed by atoms with van der Waals surface area (Å²) in [7, 11) is 1.24. The number of nitrogens with one attached hydrogen (secondary N) is 1. The number of nitrogens with zero attached hydrogens (tertiary/aromatic N) is 1. The third kappa shape index (κ3) is 4.85. The van der Waals surface area contributed by atoms with E-state index in [0.717, 1.165) is 18.3 Å². The molecule has 0 fully saturated rings. The van der Waals surface area contributed by atoms with Gasteiger partial charge in [0, 0.05) is 30.1 Å². The molecule has 142 valence electrons. The maximum absolute atomic E-state index is 14.4. The maximum Gasteiger partial charge on any atom is 0.431 e. The second-order valence-corrected chi connectivity index (χ2v) is 5.75. The minimum absolute atomic E-state index is 0.0412. The fourth-order valence-electron chi connectivity index (χ4n) is 2.22. The van der Waals surface area contributed by atoms with Gasteiger partial charge in [0.15, 0.2) is 0 Å². The Hall–Kier alpha value is -2.87. The Kier molecular flexibility index (Phi) is 6.22. The lowest BCUT2D eigenvalue weighted by Gasteiger charge is -2.13. The number of rotatable bonds is 4. The lowest BCUT2D eigenvalue weighted by atomic mass is 10.0. The number of nitrogens with two attached hydrogens (primary N) is 1. The van der Waals surface area contributed by atoms with Gasteiger partial charge < -0.3 is 11.1 Å². The summed E-state index contributed by atoms with van der Waals surface area (Å²) < 4.78 is 53.0. The van der Waals surface area contributed by atoms with E-state index in [4.69, 9.17) is 17.3 Å². The van der Waals surface area contributed by atoms with Crippen LogP contribution < -0.4 is 11.1 Å². The predicted octanol–water partition coefficient (Wildman–Crippen LogP) is 4.66. The normalized spacial score (nSPS) is 12.8. The quantitative estimate of drug-likeness (QED) is 0.579. The Bertz CT molecular complexity index is 923. The molecule has 0 spiro atoms. The van der Waals surface area contributed by atoms with Crippen LogP contribution in [-0.2, 0) is 0 Å². The van der Waals surface area contributed by atoms with Gasteiger partial charge in [-0.3, -0.25) is 9.79 Å².